The summed E-state index contributed by atoms with van der Waals surface area (Å²) in [5, 5.41) is 0. The number of methoxy groups -OCH3 is 1. The van der Waals surface area contributed by atoms with Gasteiger partial charge >= 0.3 is 6.09 Å². The highest BCUT2D eigenvalue weighted by atomic mass is 79.9. The largest absolute Gasteiger partial charge is 0.494 e. The van der Waals surface area contributed by atoms with E-state index < -0.39 is 5.60 Å². The third kappa shape index (κ3) is 4.25. The van der Waals surface area contributed by atoms with Crippen LogP contribution in [0.3, 0.4) is 0 Å². The summed E-state index contributed by atoms with van der Waals surface area (Å²) in [6.45, 7) is 8.33. The predicted octanol–water partition coefficient (Wildman–Crippen LogP) is 2.91. The Morgan fingerprint density at radius 1 is 1.27 bits per heavy atom. The lowest BCUT2D eigenvalue weighted by Gasteiger charge is -2.36. The Hall–Kier alpha value is -1.50. The second kappa shape index (κ2) is 6.73. The first-order chi connectivity index (χ1) is 10.3. The van der Waals surface area contributed by atoms with Crippen LogP contribution in [0.15, 0.2) is 16.7 Å². The average molecular weight is 372 g/mol. The molecule has 0 unspecified atom stereocenters. The molecule has 0 radical (unpaired) electrons. The van der Waals surface area contributed by atoms with Crippen LogP contribution in [0.5, 0.6) is 5.75 Å². The Kier molecular flexibility index (Phi) is 5.16. The van der Waals surface area contributed by atoms with Gasteiger partial charge in [0.25, 0.3) is 0 Å². The molecule has 1 amide bonds. The molecule has 0 aromatic carbocycles. The molecule has 1 fully saturated rings. The molecule has 0 spiro atoms. The smallest absolute Gasteiger partial charge is 0.410 e. The van der Waals surface area contributed by atoms with Crippen LogP contribution in [0.2, 0.25) is 0 Å². The highest BCUT2D eigenvalue weighted by molar-refractivity contribution is 9.10. The highest BCUT2D eigenvalue weighted by Gasteiger charge is 2.26. The molecule has 1 aromatic rings. The third-order valence-electron chi connectivity index (χ3n) is 3.28. The van der Waals surface area contributed by atoms with Gasteiger partial charge in [-0.2, -0.15) is 0 Å². The summed E-state index contributed by atoms with van der Waals surface area (Å²) < 4.78 is 11.5. The van der Waals surface area contributed by atoms with E-state index >= 15 is 0 Å². The fourth-order valence-electron chi connectivity index (χ4n) is 2.18. The second-order valence-electron chi connectivity index (χ2n) is 6.13. The van der Waals surface area contributed by atoms with Crippen LogP contribution in [0.25, 0.3) is 0 Å². The summed E-state index contributed by atoms with van der Waals surface area (Å²) in [7, 11) is 1.61. The molecule has 1 saturated heterocycles. The fraction of sp³-hybridized carbons (Fsp3) is 0.600. The first-order valence-electron chi connectivity index (χ1n) is 7.22. The van der Waals surface area contributed by atoms with Gasteiger partial charge in [-0.1, -0.05) is 0 Å². The van der Waals surface area contributed by atoms with Crippen molar-refractivity contribution in [2.45, 2.75) is 26.4 Å². The van der Waals surface area contributed by atoms with Crippen molar-refractivity contribution in [3.8, 4) is 5.75 Å². The van der Waals surface area contributed by atoms with Crippen LogP contribution in [0.1, 0.15) is 20.8 Å². The zero-order valence-electron chi connectivity index (χ0n) is 13.4. The lowest BCUT2D eigenvalue weighted by molar-refractivity contribution is 0.0240. The molecule has 1 aliphatic rings. The van der Waals surface area contributed by atoms with E-state index in [1.807, 2.05) is 26.8 Å². The molecule has 0 saturated carbocycles. The predicted molar refractivity (Wildman–Crippen MR) is 88.5 cm³/mol. The van der Waals surface area contributed by atoms with Gasteiger partial charge in [0.15, 0.2) is 5.75 Å². The molecule has 0 N–H and O–H groups in total. The Labute approximate surface area is 139 Å². The van der Waals surface area contributed by atoms with Gasteiger partial charge in [-0.05, 0) is 42.8 Å². The van der Waals surface area contributed by atoms with Gasteiger partial charge in [0.05, 0.1) is 17.8 Å². The Bertz CT molecular complexity index is 537. The number of piperazine rings is 1. The van der Waals surface area contributed by atoms with Gasteiger partial charge < -0.3 is 19.3 Å². The highest BCUT2D eigenvalue weighted by Crippen LogP contribution is 2.27. The van der Waals surface area contributed by atoms with Crippen molar-refractivity contribution >= 4 is 27.8 Å². The SMILES string of the molecule is COc1cnc(N2CCN(C(=O)OC(C)(C)C)CC2)cc1Br. The van der Waals surface area contributed by atoms with E-state index in [0.29, 0.717) is 18.8 Å². The van der Waals surface area contributed by atoms with Gasteiger partial charge in [0.2, 0.25) is 0 Å². The van der Waals surface area contributed by atoms with E-state index in [2.05, 4.69) is 25.8 Å². The van der Waals surface area contributed by atoms with Gasteiger partial charge in [-0.15, -0.1) is 0 Å². The van der Waals surface area contributed by atoms with Crippen LogP contribution in [0.4, 0.5) is 10.6 Å². The number of carbonyl (C=O) groups excluding carboxylic acids is 1. The molecule has 7 heteroatoms. The summed E-state index contributed by atoms with van der Waals surface area (Å²) in [4.78, 5) is 20.3. The van der Waals surface area contributed by atoms with Gasteiger partial charge in [0.1, 0.15) is 11.4 Å². The zero-order chi connectivity index (χ0) is 16.3. The van der Waals surface area contributed by atoms with Gasteiger partial charge in [0, 0.05) is 26.2 Å². The number of halogens is 1. The van der Waals surface area contributed by atoms with Crippen molar-refractivity contribution in [2.75, 3.05) is 38.2 Å². The monoisotopic (exact) mass is 371 g/mol. The number of hydrogen-bond acceptors (Lipinski definition) is 5. The van der Waals surface area contributed by atoms with E-state index in [0.717, 1.165) is 23.4 Å². The van der Waals surface area contributed by atoms with Crippen LogP contribution in [-0.4, -0.2) is 54.9 Å². The van der Waals surface area contributed by atoms with Crippen LogP contribution in [-0.2, 0) is 4.74 Å². The van der Waals surface area contributed by atoms with Crippen molar-refractivity contribution in [1.29, 1.82) is 0 Å². The van der Waals surface area contributed by atoms with E-state index in [4.69, 9.17) is 9.47 Å². The number of rotatable bonds is 2. The number of nitrogens with zero attached hydrogens (tertiary/aromatic N) is 3. The number of pyridine rings is 1. The van der Waals surface area contributed by atoms with E-state index in [1.54, 1.807) is 18.2 Å². The molecular weight excluding hydrogens is 350 g/mol. The number of anilines is 1. The average Bonchev–Trinajstić information content (AvgIpc) is 2.45. The maximum atomic E-state index is 12.0. The van der Waals surface area contributed by atoms with E-state index in [1.165, 1.54) is 0 Å². The minimum absolute atomic E-state index is 0.254. The molecule has 22 heavy (non-hydrogen) atoms. The second-order valence-corrected chi connectivity index (χ2v) is 6.99. The number of hydrogen-bond donors (Lipinski definition) is 0. The summed E-state index contributed by atoms with van der Waals surface area (Å²) in [6.07, 6.45) is 1.44. The molecule has 2 rings (SSSR count). The molecule has 2 heterocycles. The van der Waals surface area contributed by atoms with Crippen molar-refractivity contribution < 1.29 is 14.3 Å². The lowest BCUT2D eigenvalue weighted by Crippen LogP contribution is -2.50. The van der Waals surface area contributed by atoms with Crippen molar-refractivity contribution in [2.24, 2.45) is 0 Å². The van der Waals surface area contributed by atoms with Crippen molar-refractivity contribution in [3.05, 3.63) is 16.7 Å². The fourth-order valence-corrected chi connectivity index (χ4v) is 2.64. The first kappa shape index (κ1) is 16.9. The van der Waals surface area contributed by atoms with Gasteiger partial charge in [-0.3, -0.25) is 0 Å². The van der Waals surface area contributed by atoms with Gasteiger partial charge in [-0.25, -0.2) is 9.78 Å². The van der Waals surface area contributed by atoms with E-state index in [-0.39, 0.29) is 6.09 Å². The summed E-state index contributed by atoms with van der Waals surface area (Å²) in [5.74, 6) is 1.58. The molecule has 0 bridgehead atoms. The molecule has 0 atom stereocenters. The standard InChI is InChI=1S/C15H22BrN3O3/c1-15(2,3)22-14(20)19-7-5-18(6-8-19)13-9-11(16)12(21-4)10-17-13/h9-10H,5-8H2,1-4H3. The topological polar surface area (TPSA) is 54.9 Å². The minimum atomic E-state index is -0.462. The number of ether oxygens (including phenoxy) is 2. The number of amides is 1. The maximum absolute atomic E-state index is 12.0. The normalized spacial score (nSPS) is 15.7. The van der Waals surface area contributed by atoms with Crippen LogP contribution < -0.4 is 9.64 Å². The lowest BCUT2D eigenvalue weighted by atomic mass is 10.2. The first-order valence-corrected chi connectivity index (χ1v) is 8.02. The number of aromatic nitrogens is 1. The molecule has 6 nitrogen and oxygen atoms in total. The molecule has 1 aliphatic heterocycles. The van der Waals surface area contributed by atoms with Crippen molar-refractivity contribution in [1.82, 2.24) is 9.88 Å². The van der Waals surface area contributed by atoms with Crippen LogP contribution >= 0.6 is 15.9 Å². The van der Waals surface area contributed by atoms with Crippen LogP contribution in [0, 0.1) is 0 Å². The molecular formula is C15H22BrN3O3. The number of carbonyl (C=O) groups is 1. The molecule has 122 valence electrons. The Balaban J connectivity index is 1.94. The zero-order valence-corrected chi connectivity index (χ0v) is 15.0. The third-order valence-corrected chi connectivity index (χ3v) is 3.90. The summed E-state index contributed by atoms with van der Waals surface area (Å²) in [6, 6.07) is 1.93. The molecule has 0 aliphatic carbocycles. The summed E-state index contributed by atoms with van der Waals surface area (Å²) >= 11 is 3.47. The Morgan fingerprint density at radius 2 is 1.91 bits per heavy atom. The molecule has 1 aromatic heterocycles. The summed E-state index contributed by atoms with van der Waals surface area (Å²) in [5.41, 5.74) is -0.462. The quantitative estimate of drug-likeness (QED) is 0.799. The Morgan fingerprint density at radius 3 is 2.41 bits per heavy atom. The van der Waals surface area contributed by atoms with Crippen molar-refractivity contribution in [3.63, 3.8) is 0 Å². The van der Waals surface area contributed by atoms with E-state index in [9.17, 15) is 4.79 Å². The maximum Gasteiger partial charge on any atom is 0.410 e. The minimum Gasteiger partial charge on any atom is -0.494 e.